The summed E-state index contributed by atoms with van der Waals surface area (Å²) in [6.45, 7) is 1.91. The third kappa shape index (κ3) is 5.88. The Hall–Kier alpha value is -2.24. The highest BCUT2D eigenvalue weighted by Crippen LogP contribution is 2.23. The fraction of sp³-hybridized carbons (Fsp3) is 0.300. The number of carbonyl (C=O) groups excluding carboxylic acids is 2. The van der Waals surface area contributed by atoms with Gasteiger partial charge in [-0.25, -0.2) is 0 Å². The molecule has 1 unspecified atom stereocenters. The minimum absolute atomic E-state index is 0.217. The largest absolute Gasteiger partial charge is 0.482 e. The monoisotopic (exact) mass is 408 g/mol. The normalized spacial score (nSPS) is 11.6. The Bertz CT molecular complexity index is 781. The summed E-state index contributed by atoms with van der Waals surface area (Å²) in [6.07, 6.45) is 0.477. The topological polar surface area (TPSA) is 58.6 Å². The van der Waals surface area contributed by atoms with Gasteiger partial charge < -0.3 is 15.0 Å². The number of amides is 2. The van der Waals surface area contributed by atoms with Gasteiger partial charge in [0.1, 0.15) is 11.8 Å². The van der Waals surface area contributed by atoms with E-state index in [1.807, 2.05) is 19.1 Å². The summed E-state index contributed by atoms with van der Waals surface area (Å²) in [4.78, 5) is 26.7. The van der Waals surface area contributed by atoms with Crippen LogP contribution in [0.15, 0.2) is 48.5 Å². The maximum atomic E-state index is 12.9. The Morgan fingerprint density at radius 1 is 1.11 bits per heavy atom. The summed E-state index contributed by atoms with van der Waals surface area (Å²) in [5.41, 5.74) is 0.868. The number of likely N-dealkylation sites (N-methyl/N-ethyl adjacent to an activating group) is 1. The van der Waals surface area contributed by atoms with Crippen molar-refractivity contribution in [3.05, 3.63) is 64.1 Å². The first-order valence-corrected chi connectivity index (χ1v) is 9.34. The van der Waals surface area contributed by atoms with Gasteiger partial charge in [0.05, 0.1) is 5.02 Å². The van der Waals surface area contributed by atoms with E-state index in [2.05, 4.69) is 5.32 Å². The van der Waals surface area contributed by atoms with E-state index in [1.54, 1.807) is 43.4 Å². The van der Waals surface area contributed by atoms with Crippen molar-refractivity contribution in [3.63, 3.8) is 0 Å². The van der Waals surface area contributed by atoms with Gasteiger partial charge in [-0.1, -0.05) is 54.4 Å². The Labute approximate surface area is 169 Å². The first-order chi connectivity index (χ1) is 13.0. The van der Waals surface area contributed by atoms with Crippen LogP contribution in [-0.4, -0.2) is 36.4 Å². The molecule has 0 aliphatic carbocycles. The molecule has 0 heterocycles. The SMILES string of the molecule is CCC(C(=O)NC)N(Cc1ccc(Cl)cc1)C(=O)COc1ccccc1Cl. The molecular formula is C20H22Cl2N2O3. The Morgan fingerprint density at radius 3 is 2.37 bits per heavy atom. The number of rotatable bonds is 8. The number of halogens is 2. The summed E-state index contributed by atoms with van der Waals surface area (Å²) < 4.78 is 5.57. The molecule has 0 radical (unpaired) electrons. The molecule has 0 spiro atoms. The molecular weight excluding hydrogens is 387 g/mol. The molecule has 5 nitrogen and oxygen atoms in total. The van der Waals surface area contributed by atoms with Crippen molar-refractivity contribution in [1.29, 1.82) is 0 Å². The molecule has 2 aromatic rings. The second kappa shape index (κ2) is 10.2. The number of hydrogen-bond donors (Lipinski definition) is 1. The van der Waals surface area contributed by atoms with Gasteiger partial charge in [-0.15, -0.1) is 0 Å². The predicted octanol–water partition coefficient (Wildman–Crippen LogP) is 3.93. The van der Waals surface area contributed by atoms with E-state index in [9.17, 15) is 9.59 Å². The van der Waals surface area contributed by atoms with Crippen molar-refractivity contribution in [2.24, 2.45) is 0 Å². The van der Waals surface area contributed by atoms with Crippen molar-refractivity contribution in [2.45, 2.75) is 25.9 Å². The van der Waals surface area contributed by atoms with E-state index in [0.717, 1.165) is 5.56 Å². The van der Waals surface area contributed by atoms with E-state index >= 15 is 0 Å². The molecule has 1 N–H and O–H groups in total. The van der Waals surface area contributed by atoms with Crippen LogP contribution in [0, 0.1) is 0 Å². The van der Waals surface area contributed by atoms with Crippen molar-refractivity contribution in [2.75, 3.05) is 13.7 Å². The number of ether oxygens (including phenoxy) is 1. The van der Waals surface area contributed by atoms with E-state index in [0.29, 0.717) is 22.2 Å². The van der Waals surface area contributed by atoms with Gasteiger partial charge in [0.2, 0.25) is 5.91 Å². The van der Waals surface area contributed by atoms with E-state index < -0.39 is 6.04 Å². The molecule has 7 heteroatoms. The molecule has 1 atom stereocenters. The quantitative estimate of drug-likeness (QED) is 0.719. The van der Waals surface area contributed by atoms with E-state index in [4.69, 9.17) is 27.9 Å². The van der Waals surface area contributed by atoms with Crippen LogP contribution in [0.4, 0.5) is 0 Å². The number of benzene rings is 2. The van der Waals surface area contributed by atoms with Crippen LogP contribution in [0.5, 0.6) is 5.75 Å². The summed E-state index contributed by atoms with van der Waals surface area (Å²) in [5, 5.41) is 3.65. The molecule has 0 aliphatic heterocycles. The van der Waals surface area contributed by atoms with Gasteiger partial charge in [0.15, 0.2) is 6.61 Å². The van der Waals surface area contributed by atoms with Crippen LogP contribution in [0.2, 0.25) is 10.0 Å². The summed E-state index contributed by atoms with van der Waals surface area (Å²) in [7, 11) is 1.55. The lowest BCUT2D eigenvalue weighted by Gasteiger charge is -2.30. The van der Waals surface area contributed by atoms with Crippen LogP contribution in [0.1, 0.15) is 18.9 Å². The fourth-order valence-electron chi connectivity index (χ4n) is 2.66. The molecule has 2 aromatic carbocycles. The standard InChI is InChI=1S/C20H22Cl2N2O3/c1-3-17(20(26)23-2)24(12-14-8-10-15(21)11-9-14)19(25)13-27-18-7-5-4-6-16(18)22/h4-11,17H,3,12-13H2,1-2H3,(H,23,26). The van der Waals surface area contributed by atoms with Crippen molar-refractivity contribution >= 4 is 35.0 Å². The highest BCUT2D eigenvalue weighted by atomic mass is 35.5. The molecule has 0 saturated carbocycles. The summed E-state index contributed by atoms with van der Waals surface area (Å²) >= 11 is 12.0. The first-order valence-electron chi connectivity index (χ1n) is 8.59. The zero-order valence-electron chi connectivity index (χ0n) is 15.2. The van der Waals surface area contributed by atoms with Crippen molar-refractivity contribution in [1.82, 2.24) is 10.2 Å². The van der Waals surface area contributed by atoms with Crippen LogP contribution in [0.25, 0.3) is 0 Å². The Balaban J connectivity index is 2.19. The van der Waals surface area contributed by atoms with E-state index in [1.165, 1.54) is 4.90 Å². The van der Waals surface area contributed by atoms with Gasteiger partial charge in [-0.05, 0) is 36.2 Å². The van der Waals surface area contributed by atoms with Crippen LogP contribution < -0.4 is 10.1 Å². The minimum atomic E-state index is -0.604. The molecule has 27 heavy (non-hydrogen) atoms. The molecule has 0 fully saturated rings. The van der Waals surface area contributed by atoms with Gasteiger partial charge >= 0.3 is 0 Å². The van der Waals surface area contributed by atoms with Gasteiger partial charge in [-0.3, -0.25) is 9.59 Å². The lowest BCUT2D eigenvalue weighted by atomic mass is 10.1. The average molecular weight is 409 g/mol. The average Bonchev–Trinajstić information content (AvgIpc) is 2.68. The lowest BCUT2D eigenvalue weighted by molar-refractivity contribution is -0.142. The zero-order valence-corrected chi connectivity index (χ0v) is 16.8. The fourth-order valence-corrected chi connectivity index (χ4v) is 2.97. The number of para-hydroxylation sites is 1. The van der Waals surface area contributed by atoms with Crippen LogP contribution in [0.3, 0.4) is 0 Å². The summed E-state index contributed by atoms with van der Waals surface area (Å²) in [6, 6.07) is 13.5. The van der Waals surface area contributed by atoms with Crippen molar-refractivity contribution < 1.29 is 14.3 Å². The van der Waals surface area contributed by atoms with Gasteiger partial charge in [-0.2, -0.15) is 0 Å². The van der Waals surface area contributed by atoms with Gasteiger partial charge in [0.25, 0.3) is 5.91 Å². The van der Waals surface area contributed by atoms with Crippen LogP contribution >= 0.6 is 23.2 Å². The van der Waals surface area contributed by atoms with Crippen LogP contribution in [-0.2, 0) is 16.1 Å². The summed E-state index contributed by atoms with van der Waals surface area (Å²) in [5.74, 6) is -0.107. The zero-order chi connectivity index (χ0) is 19.8. The van der Waals surface area contributed by atoms with Crippen molar-refractivity contribution in [3.8, 4) is 5.75 Å². The highest BCUT2D eigenvalue weighted by Gasteiger charge is 2.28. The lowest BCUT2D eigenvalue weighted by Crippen LogP contribution is -2.49. The maximum Gasteiger partial charge on any atom is 0.261 e. The third-order valence-corrected chi connectivity index (χ3v) is 4.65. The maximum absolute atomic E-state index is 12.9. The highest BCUT2D eigenvalue weighted by molar-refractivity contribution is 6.32. The molecule has 0 saturated heterocycles. The molecule has 144 valence electrons. The molecule has 2 amide bonds. The Morgan fingerprint density at radius 2 is 1.78 bits per heavy atom. The number of nitrogens with one attached hydrogen (secondary N) is 1. The molecule has 0 bridgehead atoms. The molecule has 0 aromatic heterocycles. The number of nitrogens with zero attached hydrogens (tertiary/aromatic N) is 1. The number of hydrogen-bond acceptors (Lipinski definition) is 3. The number of carbonyl (C=O) groups is 2. The minimum Gasteiger partial charge on any atom is -0.482 e. The second-order valence-corrected chi connectivity index (χ2v) is 6.75. The Kier molecular flexibility index (Phi) is 7.95. The first kappa shape index (κ1) is 21.1. The second-order valence-electron chi connectivity index (χ2n) is 5.91. The third-order valence-electron chi connectivity index (χ3n) is 4.09. The molecule has 2 rings (SSSR count). The molecule has 0 aliphatic rings. The smallest absolute Gasteiger partial charge is 0.261 e. The predicted molar refractivity (Wildman–Crippen MR) is 107 cm³/mol. The van der Waals surface area contributed by atoms with Gasteiger partial charge in [0, 0.05) is 18.6 Å². The van der Waals surface area contributed by atoms with E-state index in [-0.39, 0.29) is 25.0 Å².